The molecule has 0 aromatic carbocycles. The number of carbonyl (C=O) groups is 1. The fourth-order valence-corrected chi connectivity index (χ4v) is 3.47. The average Bonchev–Trinajstić information content (AvgIpc) is 2.55. The van der Waals surface area contributed by atoms with Crippen molar-refractivity contribution < 1.29 is 4.79 Å². The Morgan fingerprint density at radius 3 is 2.92 bits per heavy atom. The largest absolute Gasteiger partial charge is 0.379 e. The number of nitrogens with zero attached hydrogens (tertiary/aromatic N) is 3. The van der Waals surface area contributed by atoms with Crippen LogP contribution in [0, 0.1) is 0 Å². The van der Waals surface area contributed by atoms with E-state index in [1.54, 1.807) is 24.4 Å². The van der Waals surface area contributed by atoms with Crippen LogP contribution < -0.4 is 11.1 Å². The lowest BCUT2D eigenvalue weighted by atomic mass is 9.94. The molecule has 1 aliphatic rings. The van der Waals surface area contributed by atoms with Gasteiger partial charge in [0.1, 0.15) is 11.2 Å². The van der Waals surface area contributed by atoms with Crippen LogP contribution in [0.15, 0.2) is 41.7 Å². The molecule has 0 aliphatic carbocycles. The number of hydrogen-bond acceptors (Lipinski definition) is 6. The van der Waals surface area contributed by atoms with Crippen LogP contribution in [0.3, 0.4) is 0 Å². The van der Waals surface area contributed by atoms with Crippen molar-refractivity contribution in [3.8, 4) is 0 Å². The molecule has 3 heterocycles. The molecule has 2 aromatic heterocycles. The highest BCUT2D eigenvalue weighted by atomic mass is 35.5. The van der Waals surface area contributed by atoms with Crippen LogP contribution in [0.1, 0.15) is 29.5 Å². The Hall–Kier alpha value is -2.12. The van der Waals surface area contributed by atoms with Crippen LogP contribution in [-0.2, 0) is 5.54 Å². The van der Waals surface area contributed by atoms with Crippen LogP contribution in [0.2, 0.25) is 5.02 Å². The molecule has 1 amide bonds. The lowest BCUT2D eigenvalue weighted by molar-refractivity contribution is 0.102. The van der Waals surface area contributed by atoms with Crippen molar-refractivity contribution in [2.75, 3.05) is 11.1 Å². The van der Waals surface area contributed by atoms with E-state index in [9.17, 15) is 4.79 Å². The van der Waals surface area contributed by atoms with E-state index in [0.29, 0.717) is 21.6 Å². The van der Waals surface area contributed by atoms with E-state index in [1.165, 1.54) is 18.0 Å². The maximum absolute atomic E-state index is 12.3. The second-order valence-electron chi connectivity index (χ2n) is 5.57. The molecule has 24 heavy (non-hydrogen) atoms. The van der Waals surface area contributed by atoms with E-state index in [0.717, 1.165) is 17.9 Å². The molecule has 0 radical (unpaired) electrons. The van der Waals surface area contributed by atoms with Gasteiger partial charge in [0.2, 0.25) is 0 Å². The first-order valence-electron chi connectivity index (χ1n) is 7.34. The summed E-state index contributed by atoms with van der Waals surface area (Å²) in [6.07, 6.45) is 3.92. The van der Waals surface area contributed by atoms with Gasteiger partial charge < -0.3 is 11.1 Å². The first-order valence-corrected chi connectivity index (χ1v) is 8.70. The smallest absolute Gasteiger partial charge is 0.274 e. The fourth-order valence-electron chi connectivity index (χ4n) is 2.38. The maximum atomic E-state index is 12.3. The first-order chi connectivity index (χ1) is 11.5. The molecule has 124 valence electrons. The summed E-state index contributed by atoms with van der Waals surface area (Å²) in [6.45, 7) is 1.99. The lowest BCUT2D eigenvalue weighted by Gasteiger charge is -2.28. The SMILES string of the molecule is C[C@@]1(c2cc(NC(=O)c3ccc(Cl)cn3)ccn2)CCSC(N)=N1. The van der Waals surface area contributed by atoms with Crippen LogP contribution in [-0.4, -0.2) is 26.8 Å². The molecule has 0 fully saturated rings. The zero-order chi connectivity index (χ0) is 17.2. The van der Waals surface area contributed by atoms with Gasteiger partial charge in [-0.25, -0.2) is 9.98 Å². The number of aliphatic imine (C=N–C) groups is 1. The zero-order valence-corrected chi connectivity index (χ0v) is 14.6. The van der Waals surface area contributed by atoms with Crippen molar-refractivity contribution >= 4 is 40.1 Å². The minimum absolute atomic E-state index is 0.292. The molecule has 2 aromatic rings. The van der Waals surface area contributed by atoms with Gasteiger partial charge in [0.25, 0.3) is 5.91 Å². The standard InChI is InChI=1S/C16H16ClN5OS/c1-16(5-7-24-15(18)22-16)13-8-11(4-6-19-13)21-14(23)12-3-2-10(17)9-20-12/h2-4,6,8-9H,5,7H2,1H3,(H2,18,22)(H,19,21,23)/t16-/m0/s1. The van der Waals surface area contributed by atoms with E-state index in [2.05, 4.69) is 20.3 Å². The van der Waals surface area contributed by atoms with E-state index >= 15 is 0 Å². The Kier molecular flexibility index (Phi) is 4.73. The monoisotopic (exact) mass is 361 g/mol. The van der Waals surface area contributed by atoms with Gasteiger partial charge in [0.05, 0.1) is 10.7 Å². The molecule has 0 spiro atoms. The maximum Gasteiger partial charge on any atom is 0.274 e. The number of aromatic nitrogens is 2. The van der Waals surface area contributed by atoms with Gasteiger partial charge in [-0.3, -0.25) is 9.78 Å². The van der Waals surface area contributed by atoms with Gasteiger partial charge >= 0.3 is 0 Å². The average molecular weight is 362 g/mol. The molecule has 1 aliphatic heterocycles. The number of amidine groups is 1. The number of nitrogens with one attached hydrogen (secondary N) is 1. The van der Waals surface area contributed by atoms with Crippen LogP contribution >= 0.6 is 23.4 Å². The second kappa shape index (κ2) is 6.78. The molecule has 3 rings (SSSR count). The Balaban J connectivity index is 1.82. The molecule has 1 atom stereocenters. The van der Waals surface area contributed by atoms with Gasteiger partial charge in [-0.2, -0.15) is 0 Å². The van der Waals surface area contributed by atoms with Gasteiger partial charge in [0, 0.05) is 23.8 Å². The fraction of sp³-hybridized carbons (Fsp3) is 0.250. The number of pyridine rings is 2. The minimum atomic E-state index is -0.478. The molecule has 0 saturated heterocycles. The predicted molar refractivity (Wildman–Crippen MR) is 97.5 cm³/mol. The number of halogens is 1. The third kappa shape index (κ3) is 3.68. The van der Waals surface area contributed by atoms with Crippen molar-refractivity contribution in [2.24, 2.45) is 10.7 Å². The summed E-state index contributed by atoms with van der Waals surface area (Å²) in [5, 5.41) is 3.86. The number of carbonyl (C=O) groups excluding carboxylic acids is 1. The van der Waals surface area contributed by atoms with Crippen LogP contribution in [0.4, 0.5) is 5.69 Å². The van der Waals surface area contributed by atoms with Crippen LogP contribution in [0.5, 0.6) is 0 Å². The second-order valence-corrected chi connectivity index (χ2v) is 7.12. The molecular weight excluding hydrogens is 346 g/mol. The van der Waals surface area contributed by atoms with Gasteiger partial charge in [-0.15, -0.1) is 0 Å². The highest BCUT2D eigenvalue weighted by Crippen LogP contribution is 2.34. The number of thioether (sulfide) groups is 1. The third-order valence-corrected chi connectivity index (χ3v) is 4.74. The number of nitrogens with two attached hydrogens (primary N) is 1. The summed E-state index contributed by atoms with van der Waals surface area (Å²) in [7, 11) is 0. The number of hydrogen-bond donors (Lipinski definition) is 2. The Morgan fingerprint density at radius 2 is 2.21 bits per heavy atom. The highest BCUT2D eigenvalue weighted by molar-refractivity contribution is 8.13. The van der Waals surface area contributed by atoms with Crippen LogP contribution in [0.25, 0.3) is 0 Å². The summed E-state index contributed by atoms with van der Waals surface area (Å²) >= 11 is 7.32. The molecule has 0 saturated carbocycles. The first kappa shape index (κ1) is 16.7. The zero-order valence-electron chi connectivity index (χ0n) is 13.0. The van der Waals surface area contributed by atoms with Crippen molar-refractivity contribution in [1.29, 1.82) is 0 Å². The van der Waals surface area contributed by atoms with Crippen molar-refractivity contribution in [3.05, 3.63) is 53.1 Å². The van der Waals surface area contributed by atoms with E-state index in [-0.39, 0.29) is 5.91 Å². The van der Waals surface area contributed by atoms with Gasteiger partial charge in [-0.05, 0) is 37.6 Å². The number of amides is 1. The van der Waals surface area contributed by atoms with Gasteiger partial charge in [-0.1, -0.05) is 23.4 Å². The molecule has 0 unspecified atom stereocenters. The number of anilines is 1. The van der Waals surface area contributed by atoms with Gasteiger partial charge in [0.15, 0.2) is 5.17 Å². The third-order valence-electron chi connectivity index (χ3n) is 3.73. The molecule has 0 bridgehead atoms. The van der Waals surface area contributed by atoms with E-state index < -0.39 is 5.54 Å². The predicted octanol–water partition coefficient (Wildman–Crippen LogP) is 3.05. The summed E-state index contributed by atoms with van der Waals surface area (Å²) < 4.78 is 0. The molecule has 3 N–H and O–H groups in total. The Labute approximate surface area is 148 Å². The summed E-state index contributed by atoms with van der Waals surface area (Å²) in [5.41, 5.74) is 7.07. The topological polar surface area (TPSA) is 93.3 Å². The van der Waals surface area contributed by atoms with Crippen molar-refractivity contribution in [2.45, 2.75) is 18.9 Å². The minimum Gasteiger partial charge on any atom is -0.379 e. The summed E-state index contributed by atoms with van der Waals surface area (Å²) in [5.74, 6) is 0.579. The summed E-state index contributed by atoms with van der Waals surface area (Å²) in [6, 6.07) is 6.75. The van der Waals surface area contributed by atoms with Crippen molar-refractivity contribution in [3.63, 3.8) is 0 Å². The van der Waals surface area contributed by atoms with Crippen molar-refractivity contribution in [1.82, 2.24) is 9.97 Å². The molecule has 8 heteroatoms. The molecular formula is C16H16ClN5OS. The number of rotatable bonds is 3. The normalized spacial score (nSPS) is 20.3. The Bertz CT molecular complexity index is 795. The summed E-state index contributed by atoms with van der Waals surface area (Å²) in [4.78, 5) is 25.2. The molecule has 6 nitrogen and oxygen atoms in total. The van der Waals surface area contributed by atoms with E-state index in [4.69, 9.17) is 17.3 Å². The Morgan fingerprint density at radius 1 is 1.38 bits per heavy atom. The van der Waals surface area contributed by atoms with E-state index in [1.807, 2.05) is 13.0 Å². The highest BCUT2D eigenvalue weighted by Gasteiger charge is 2.31. The lowest BCUT2D eigenvalue weighted by Crippen LogP contribution is -2.29. The quantitative estimate of drug-likeness (QED) is 0.876.